The van der Waals surface area contributed by atoms with Crippen molar-refractivity contribution in [2.45, 2.75) is 115 Å². The number of carbonyl (C=O) groups is 4. The molecule has 0 bridgehead atoms. The van der Waals surface area contributed by atoms with E-state index in [2.05, 4.69) is 21.0 Å². The van der Waals surface area contributed by atoms with Gasteiger partial charge >= 0.3 is 17.4 Å². The second-order valence-electron chi connectivity index (χ2n) is 14.3. The van der Waals surface area contributed by atoms with Gasteiger partial charge in [-0.2, -0.15) is 22.0 Å². The number of hydrogen-bond acceptors (Lipinski definition) is 11. The van der Waals surface area contributed by atoms with Crippen molar-refractivity contribution in [1.82, 2.24) is 0 Å². The van der Waals surface area contributed by atoms with Gasteiger partial charge in [-0.3, -0.25) is 14.4 Å². The molecule has 0 radical (unpaired) electrons. The fourth-order valence-corrected chi connectivity index (χ4v) is 10.6. The van der Waals surface area contributed by atoms with Crippen LogP contribution in [0.2, 0.25) is 0 Å². The molecule has 0 aromatic heterocycles. The summed E-state index contributed by atoms with van der Waals surface area (Å²) in [5, 5.41) is 6.21. The zero-order valence-corrected chi connectivity index (χ0v) is 27.3. The van der Waals surface area contributed by atoms with E-state index in [9.17, 15) is 41.1 Å². The van der Waals surface area contributed by atoms with Crippen molar-refractivity contribution < 1.29 is 70.0 Å². The average Bonchev–Trinajstić information content (AvgIpc) is 3.36. The molecule has 4 aliphatic rings. The smallest absolute Gasteiger partial charge is 0.432 e. The summed E-state index contributed by atoms with van der Waals surface area (Å²) >= 11 is -1.15. The van der Waals surface area contributed by atoms with Crippen LogP contribution in [0.5, 0.6) is 0 Å². The van der Waals surface area contributed by atoms with Gasteiger partial charge in [0.05, 0.1) is 0 Å². The maximum Gasteiger partial charge on any atom is 0.432 e. The largest absolute Gasteiger partial charge is 0.464 e. The first kappa shape index (κ1) is 37.8. The molecule has 268 valence electrons. The zero-order valence-electron chi connectivity index (χ0n) is 26.5. The summed E-state index contributed by atoms with van der Waals surface area (Å²) in [7, 11) is 0. The SMILES string of the molecule is CC(CCC(=O)OC(C(F)(F)F)C(F)(F)SOOO)[C@H]1CC[C@H]2[C@@H]3[C@H](OC=O)C[C@@H]4C[C@H](CC=O)CC[C@]4(C)[C@H]3C[C@H](OC=O)[C@]12C. The monoisotopic (exact) mass is 702 g/mol. The van der Waals surface area contributed by atoms with Gasteiger partial charge in [-0.1, -0.05) is 25.8 Å². The van der Waals surface area contributed by atoms with Crippen LogP contribution in [0.1, 0.15) is 85.0 Å². The molecular formula is C31H43F5O10S. The van der Waals surface area contributed by atoms with Crippen LogP contribution in [-0.4, -0.2) is 60.2 Å². The molecule has 2 unspecified atom stereocenters. The summed E-state index contributed by atoms with van der Waals surface area (Å²) < 4.78 is 87.6. The summed E-state index contributed by atoms with van der Waals surface area (Å²) in [5.74, 6) is -1.52. The van der Waals surface area contributed by atoms with Gasteiger partial charge in [0.1, 0.15) is 30.5 Å². The van der Waals surface area contributed by atoms with Crippen molar-refractivity contribution in [1.29, 1.82) is 0 Å². The fraction of sp³-hybridized carbons (Fsp3) is 0.871. The first-order chi connectivity index (χ1) is 22.1. The van der Waals surface area contributed by atoms with Crippen LogP contribution >= 0.6 is 12.0 Å². The number of rotatable bonds is 15. The van der Waals surface area contributed by atoms with Gasteiger partial charge in [0, 0.05) is 24.2 Å². The molecule has 4 saturated carbocycles. The van der Waals surface area contributed by atoms with Gasteiger partial charge in [-0.25, -0.2) is 5.26 Å². The Bertz CT molecular complexity index is 1130. The van der Waals surface area contributed by atoms with Gasteiger partial charge in [-0.15, -0.1) is 4.33 Å². The molecule has 1 N–H and O–H groups in total. The van der Waals surface area contributed by atoms with Crippen LogP contribution in [-0.2, 0) is 42.8 Å². The van der Waals surface area contributed by atoms with Crippen molar-refractivity contribution in [3.8, 4) is 0 Å². The maximum absolute atomic E-state index is 14.1. The van der Waals surface area contributed by atoms with Crippen molar-refractivity contribution in [3.05, 3.63) is 0 Å². The lowest BCUT2D eigenvalue weighted by atomic mass is 9.42. The van der Waals surface area contributed by atoms with Crippen molar-refractivity contribution in [2.24, 2.45) is 52.3 Å². The normalized spacial score (nSPS) is 38.1. The minimum absolute atomic E-state index is 0.0133. The minimum Gasteiger partial charge on any atom is -0.464 e. The maximum atomic E-state index is 14.1. The first-order valence-corrected chi connectivity index (χ1v) is 16.7. The van der Waals surface area contributed by atoms with Crippen LogP contribution < -0.4 is 0 Å². The second kappa shape index (κ2) is 14.8. The molecule has 10 nitrogen and oxygen atoms in total. The van der Waals surface area contributed by atoms with E-state index in [-0.39, 0.29) is 59.4 Å². The Labute approximate surface area is 274 Å². The highest BCUT2D eigenvalue weighted by Gasteiger charge is 2.67. The lowest BCUT2D eigenvalue weighted by molar-refractivity contribution is -0.434. The van der Waals surface area contributed by atoms with Crippen molar-refractivity contribution in [3.63, 3.8) is 0 Å². The molecular weight excluding hydrogens is 659 g/mol. The molecule has 0 amide bonds. The third-order valence-corrected chi connectivity index (χ3v) is 12.9. The van der Waals surface area contributed by atoms with E-state index in [0.29, 0.717) is 45.0 Å². The highest BCUT2D eigenvalue weighted by molar-refractivity contribution is 7.95. The Morgan fingerprint density at radius 1 is 1.00 bits per heavy atom. The molecule has 4 aliphatic carbocycles. The summed E-state index contributed by atoms with van der Waals surface area (Å²) in [6.07, 6.45) is -4.40. The molecule has 4 rings (SSSR count). The Morgan fingerprint density at radius 2 is 1.70 bits per heavy atom. The lowest BCUT2D eigenvalue weighted by Crippen LogP contribution is -2.63. The summed E-state index contributed by atoms with van der Waals surface area (Å²) in [5.41, 5.74) is -0.761. The third-order valence-electron chi connectivity index (χ3n) is 12.3. The van der Waals surface area contributed by atoms with E-state index in [4.69, 9.17) is 14.7 Å². The Balaban J connectivity index is 1.53. The average molecular weight is 703 g/mol. The van der Waals surface area contributed by atoms with E-state index < -0.39 is 53.5 Å². The van der Waals surface area contributed by atoms with Gasteiger partial charge < -0.3 is 19.0 Å². The molecule has 16 heteroatoms. The van der Waals surface area contributed by atoms with Crippen molar-refractivity contribution >= 4 is 37.2 Å². The predicted octanol–water partition coefficient (Wildman–Crippen LogP) is 6.71. The first-order valence-electron chi connectivity index (χ1n) is 16.0. The van der Waals surface area contributed by atoms with Gasteiger partial charge in [-0.05, 0) is 92.3 Å². The number of fused-ring (bicyclic) bond motifs is 5. The molecule has 0 aromatic rings. The summed E-state index contributed by atoms with van der Waals surface area (Å²) in [6, 6.07) is 0. The van der Waals surface area contributed by atoms with Crippen molar-refractivity contribution in [2.75, 3.05) is 0 Å². The molecule has 0 aliphatic heterocycles. The molecule has 0 saturated heterocycles. The lowest BCUT2D eigenvalue weighted by Gasteiger charge is -2.64. The minimum atomic E-state index is -5.65. The molecule has 0 spiro atoms. The van der Waals surface area contributed by atoms with E-state index in [1.807, 2.05) is 13.8 Å². The van der Waals surface area contributed by atoms with Gasteiger partial charge in [0.25, 0.3) is 19.0 Å². The molecule has 12 atom stereocenters. The zero-order chi connectivity index (χ0) is 34.8. The Morgan fingerprint density at radius 3 is 2.32 bits per heavy atom. The van der Waals surface area contributed by atoms with Gasteiger partial charge in [0.2, 0.25) is 0 Å². The van der Waals surface area contributed by atoms with Crippen LogP contribution in [0.15, 0.2) is 0 Å². The number of alkyl halides is 5. The molecule has 0 heterocycles. The van der Waals surface area contributed by atoms with E-state index in [1.165, 1.54) is 0 Å². The van der Waals surface area contributed by atoms with Crippen LogP contribution in [0.4, 0.5) is 22.0 Å². The number of esters is 1. The highest BCUT2D eigenvalue weighted by atomic mass is 32.2. The number of halogens is 5. The number of hydrogen-bond donors (Lipinski definition) is 1. The van der Waals surface area contributed by atoms with Gasteiger partial charge in [0.15, 0.2) is 0 Å². The standard InChI is InChI=1S/C31H43F5O10S/c1-17(4-7-25(40)44-27(30(32,33)34)31(35,36)47-46-45-41)20-5-6-21-26-22(14-24(43-16-39)29(20,21)3)28(2)10-8-18(9-11-37)12-19(28)13-23(26)42-15-38/h11,15-24,26-27,41H,4-10,12-14H2,1-3H3/t17?,18-,19-,20+,21-,22-,23+,24-,26-,27?,28-,29+/m0/s1. The van der Waals surface area contributed by atoms with Crippen LogP contribution in [0, 0.1) is 52.3 Å². The van der Waals surface area contributed by atoms with Crippen LogP contribution in [0.25, 0.3) is 0 Å². The number of carbonyl (C=O) groups excluding carboxylic acids is 4. The van der Waals surface area contributed by atoms with E-state index >= 15 is 0 Å². The second-order valence-corrected chi connectivity index (χ2v) is 15.1. The summed E-state index contributed by atoms with van der Waals surface area (Å²) in [6.45, 7) is 6.99. The molecule has 47 heavy (non-hydrogen) atoms. The summed E-state index contributed by atoms with van der Waals surface area (Å²) in [4.78, 5) is 47.4. The quantitative estimate of drug-likeness (QED) is 0.0371. The Hall–Kier alpha value is -2.04. The number of ether oxygens (including phenoxy) is 3. The Kier molecular flexibility index (Phi) is 11.9. The predicted molar refractivity (Wildman–Crippen MR) is 154 cm³/mol. The fourth-order valence-electron chi connectivity index (χ4n) is 10.2. The highest BCUT2D eigenvalue weighted by Crippen LogP contribution is 2.69. The number of aldehydes is 1. The molecule has 4 fully saturated rings. The van der Waals surface area contributed by atoms with E-state index in [0.717, 1.165) is 25.5 Å². The van der Waals surface area contributed by atoms with E-state index in [1.54, 1.807) is 0 Å². The topological polar surface area (TPSA) is 135 Å². The molecule has 0 aromatic carbocycles. The van der Waals surface area contributed by atoms with Crippen LogP contribution in [0.3, 0.4) is 0 Å². The third kappa shape index (κ3) is 7.45.